The van der Waals surface area contributed by atoms with E-state index >= 15 is 0 Å². The Balaban J connectivity index is 2.04. The fourth-order valence-electron chi connectivity index (χ4n) is 2.16. The van der Waals surface area contributed by atoms with E-state index in [9.17, 15) is 5.26 Å². The van der Waals surface area contributed by atoms with Gasteiger partial charge in [0.15, 0.2) is 0 Å². The van der Waals surface area contributed by atoms with Gasteiger partial charge in [0.1, 0.15) is 11.2 Å². The Kier molecular flexibility index (Phi) is 2.60. The van der Waals surface area contributed by atoms with Gasteiger partial charge in [-0.15, -0.1) is 0 Å². The second-order valence-electron chi connectivity index (χ2n) is 5.26. The lowest BCUT2D eigenvalue weighted by molar-refractivity contribution is 0.799. The average molecular weight is 249 g/mol. The maximum absolute atomic E-state index is 9.22. The molecule has 1 aliphatic rings. The molecule has 0 amide bonds. The van der Waals surface area contributed by atoms with Gasteiger partial charge in [-0.2, -0.15) is 5.26 Å². The smallest absolute Gasteiger partial charge is 0.149 e. The standard InChI is InChI=1S/C16H15N3/c1-11-3-4-13(9-12(11)2)14-5-8-18-15(19-14)16(10-17)6-7-16/h3-5,8-9H,6-7H2,1-2H3. The number of nitriles is 1. The molecule has 0 bridgehead atoms. The first-order chi connectivity index (χ1) is 9.14. The van der Waals surface area contributed by atoms with Gasteiger partial charge in [0.25, 0.3) is 0 Å². The monoisotopic (exact) mass is 249 g/mol. The summed E-state index contributed by atoms with van der Waals surface area (Å²) < 4.78 is 0. The molecule has 0 saturated heterocycles. The SMILES string of the molecule is Cc1ccc(-c2ccnc(C3(C#N)CC3)n2)cc1C. The van der Waals surface area contributed by atoms with E-state index in [0.717, 1.165) is 24.1 Å². The van der Waals surface area contributed by atoms with Crippen LogP contribution in [0, 0.1) is 25.2 Å². The zero-order chi connectivity index (χ0) is 13.5. The van der Waals surface area contributed by atoms with Gasteiger partial charge in [0.2, 0.25) is 0 Å². The Morgan fingerprint density at radius 3 is 2.58 bits per heavy atom. The third kappa shape index (κ3) is 2.00. The molecule has 3 rings (SSSR count). The first-order valence-electron chi connectivity index (χ1n) is 6.47. The normalized spacial score (nSPS) is 15.8. The quantitative estimate of drug-likeness (QED) is 0.820. The molecule has 1 heterocycles. The number of aromatic nitrogens is 2. The molecule has 0 unspecified atom stereocenters. The zero-order valence-corrected chi connectivity index (χ0v) is 11.1. The summed E-state index contributed by atoms with van der Waals surface area (Å²) in [6, 6.07) is 10.5. The average Bonchev–Trinajstić information content (AvgIpc) is 3.23. The van der Waals surface area contributed by atoms with Crippen LogP contribution in [0.2, 0.25) is 0 Å². The van der Waals surface area contributed by atoms with Crippen molar-refractivity contribution in [1.82, 2.24) is 9.97 Å². The highest BCUT2D eigenvalue weighted by molar-refractivity contribution is 5.61. The molecule has 2 aromatic rings. The lowest BCUT2D eigenvalue weighted by Gasteiger charge is -2.08. The van der Waals surface area contributed by atoms with Crippen molar-refractivity contribution < 1.29 is 0 Å². The Labute approximate surface area is 113 Å². The highest BCUT2D eigenvalue weighted by Gasteiger charge is 2.47. The summed E-state index contributed by atoms with van der Waals surface area (Å²) in [6.45, 7) is 4.19. The van der Waals surface area contributed by atoms with Crippen molar-refractivity contribution in [3.63, 3.8) is 0 Å². The van der Waals surface area contributed by atoms with E-state index in [0.29, 0.717) is 5.82 Å². The molecule has 0 atom stereocenters. The summed E-state index contributed by atoms with van der Waals surface area (Å²) >= 11 is 0. The van der Waals surface area contributed by atoms with Crippen LogP contribution in [-0.4, -0.2) is 9.97 Å². The van der Waals surface area contributed by atoms with Gasteiger partial charge >= 0.3 is 0 Å². The Hall–Kier alpha value is -2.21. The molecular formula is C16H15N3. The van der Waals surface area contributed by atoms with Crippen LogP contribution in [0.25, 0.3) is 11.3 Å². The van der Waals surface area contributed by atoms with Gasteiger partial charge in [0.05, 0.1) is 11.8 Å². The van der Waals surface area contributed by atoms with E-state index in [4.69, 9.17) is 0 Å². The van der Waals surface area contributed by atoms with Crippen LogP contribution in [0.15, 0.2) is 30.5 Å². The van der Waals surface area contributed by atoms with E-state index in [1.165, 1.54) is 11.1 Å². The molecule has 3 nitrogen and oxygen atoms in total. The van der Waals surface area contributed by atoms with Gasteiger partial charge < -0.3 is 0 Å². The number of benzene rings is 1. The molecule has 0 spiro atoms. The molecule has 3 heteroatoms. The first kappa shape index (κ1) is 11.9. The molecule has 1 aromatic carbocycles. The van der Waals surface area contributed by atoms with Gasteiger partial charge in [-0.05, 0) is 49.9 Å². The minimum Gasteiger partial charge on any atom is -0.240 e. The van der Waals surface area contributed by atoms with Gasteiger partial charge in [-0.25, -0.2) is 9.97 Å². The van der Waals surface area contributed by atoms with Gasteiger partial charge in [0, 0.05) is 11.8 Å². The second-order valence-corrected chi connectivity index (χ2v) is 5.26. The molecule has 1 aliphatic carbocycles. The zero-order valence-electron chi connectivity index (χ0n) is 11.1. The topological polar surface area (TPSA) is 49.6 Å². The lowest BCUT2D eigenvalue weighted by atomic mass is 10.0. The molecule has 94 valence electrons. The molecule has 0 N–H and O–H groups in total. The Morgan fingerprint density at radius 1 is 1.16 bits per heavy atom. The van der Waals surface area contributed by atoms with Crippen LogP contribution < -0.4 is 0 Å². The minimum absolute atomic E-state index is 0.421. The molecule has 19 heavy (non-hydrogen) atoms. The van der Waals surface area contributed by atoms with E-state index in [1.807, 2.05) is 6.07 Å². The van der Waals surface area contributed by atoms with E-state index in [2.05, 4.69) is 48.1 Å². The summed E-state index contributed by atoms with van der Waals surface area (Å²) in [7, 11) is 0. The summed E-state index contributed by atoms with van der Waals surface area (Å²) in [4.78, 5) is 8.86. The van der Waals surface area contributed by atoms with Crippen LogP contribution in [0.1, 0.15) is 29.8 Å². The van der Waals surface area contributed by atoms with Crippen LogP contribution >= 0.6 is 0 Å². The van der Waals surface area contributed by atoms with Crippen molar-refractivity contribution in [2.24, 2.45) is 0 Å². The van der Waals surface area contributed by atoms with E-state index in [1.54, 1.807) is 6.20 Å². The van der Waals surface area contributed by atoms with Crippen molar-refractivity contribution >= 4 is 0 Å². The van der Waals surface area contributed by atoms with Crippen LogP contribution in [0.5, 0.6) is 0 Å². The lowest BCUT2D eigenvalue weighted by Crippen LogP contribution is -2.09. The number of hydrogen-bond donors (Lipinski definition) is 0. The fourth-order valence-corrected chi connectivity index (χ4v) is 2.16. The third-order valence-corrected chi connectivity index (χ3v) is 3.85. The first-order valence-corrected chi connectivity index (χ1v) is 6.47. The van der Waals surface area contributed by atoms with Crippen molar-refractivity contribution in [3.8, 4) is 17.3 Å². The summed E-state index contributed by atoms with van der Waals surface area (Å²) in [5.41, 5.74) is 4.08. The Morgan fingerprint density at radius 2 is 1.95 bits per heavy atom. The highest BCUT2D eigenvalue weighted by Crippen LogP contribution is 2.46. The van der Waals surface area contributed by atoms with Gasteiger partial charge in [-0.1, -0.05) is 12.1 Å². The van der Waals surface area contributed by atoms with Crippen LogP contribution in [0.3, 0.4) is 0 Å². The third-order valence-electron chi connectivity index (χ3n) is 3.85. The van der Waals surface area contributed by atoms with Crippen LogP contribution in [-0.2, 0) is 5.41 Å². The molecule has 0 radical (unpaired) electrons. The molecule has 1 saturated carbocycles. The van der Waals surface area contributed by atoms with Gasteiger partial charge in [-0.3, -0.25) is 0 Å². The predicted octanol–water partition coefficient (Wildman–Crippen LogP) is 3.32. The van der Waals surface area contributed by atoms with Crippen molar-refractivity contribution in [2.75, 3.05) is 0 Å². The molecular weight excluding hydrogens is 234 g/mol. The molecule has 0 aliphatic heterocycles. The molecule has 1 fully saturated rings. The van der Waals surface area contributed by atoms with Crippen molar-refractivity contribution in [2.45, 2.75) is 32.1 Å². The van der Waals surface area contributed by atoms with Crippen LogP contribution in [0.4, 0.5) is 0 Å². The maximum atomic E-state index is 9.22. The summed E-state index contributed by atoms with van der Waals surface area (Å²) in [6.07, 6.45) is 3.50. The molecule has 1 aromatic heterocycles. The minimum atomic E-state index is -0.421. The predicted molar refractivity (Wildman–Crippen MR) is 73.5 cm³/mol. The number of aryl methyl sites for hydroxylation is 2. The highest BCUT2D eigenvalue weighted by atomic mass is 14.9. The van der Waals surface area contributed by atoms with Crippen molar-refractivity contribution in [3.05, 3.63) is 47.4 Å². The number of rotatable bonds is 2. The summed E-state index contributed by atoms with van der Waals surface area (Å²) in [5.74, 6) is 0.672. The van der Waals surface area contributed by atoms with Crippen molar-refractivity contribution in [1.29, 1.82) is 5.26 Å². The summed E-state index contributed by atoms with van der Waals surface area (Å²) in [5, 5.41) is 9.22. The maximum Gasteiger partial charge on any atom is 0.149 e. The number of hydrogen-bond acceptors (Lipinski definition) is 3. The van der Waals surface area contributed by atoms with E-state index in [-0.39, 0.29) is 0 Å². The number of nitrogens with zero attached hydrogens (tertiary/aromatic N) is 3. The largest absolute Gasteiger partial charge is 0.240 e. The van der Waals surface area contributed by atoms with E-state index < -0.39 is 5.41 Å². The fraction of sp³-hybridized carbons (Fsp3) is 0.312. The Bertz CT molecular complexity index is 679. The second kappa shape index (κ2) is 4.17.